The topological polar surface area (TPSA) is 299 Å². The van der Waals surface area contributed by atoms with Crippen molar-refractivity contribution in [2.45, 2.75) is 42.9 Å². The van der Waals surface area contributed by atoms with Gasteiger partial charge in [0.05, 0.1) is 19.5 Å². The van der Waals surface area contributed by atoms with E-state index in [0.29, 0.717) is 0 Å². The zero-order valence-electron chi connectivity index (χ0n) is 17.9. The summed E-state index contributed by atoms with van der Waals surface area (Å²) in [5.41, 5.74) is 6.05. The van der Waals surface area contributed by atoms with Crippen LogP contribution in [-0.4, -0.2) is 111 Å². The third-order valence-corrected chi connectivity index (χ3v) is 6.44. The molecule has 0 spiro atoms. The van der Waals surface area contributed by atoms with Crippen LogP contribution in [0.4, 0.5) is 5.82 Å². The molecule has 0 amide bonds. The average molecular weight is 559 g/mol. The Morgan fingerprint density at radius 2 is 1.86 bits per heavy atom. The second-order valence-electron chi connectivity index (χ2n) is 7.41. The highest BCUT2D eigenvalue weighted by molar-refractivity contribution is 7.47. The number of rotatable bonds is 12. The number of phosphoric ester groups is 2. The SMILES string of the molecule is Nc1ncnc2c1ncn2[C@@H]1O[C@H](COP(=O)(O)O[C@H]([C@H](O)CO)[C@H](C=O)OP(=O)(O)O)[C@@H](O)[C@H]1O. The fraction of sp³-hybridized carbons (Fsp3) is 0.600. The fourth-order valence-corrected chi connectivity index (χ4v) is 4.73. The fourth-order valence-electron chi connectivity index (χ4n) is 3.28. The number of anilines is 1. The molecule has 1 aliphatic heterocycles. The Labute approximate surface area is 200 Å². The highest BCUT2D eigenvalue weighted by atomic mass is 31.2. The summed E-state index contributed by atoms with van der Waals surface area (Å²) in [6.45, 7) is -2.05. The zero-order valence-corrected chi connectivity index (χ0v) is 19.7. The molecule has 3 heterocycles. The van der Waals surface area contributed by atoms with Crippen LogP contribution in [0.3, 0.4) is 0 Å². The second kappa shape index (κ2) is 11.2. The Morgan fingerprint density at radius 3 is 2.47 bits per heavy atom. The van der Waals surface area contributed by atoms with E-state index in [1.807, 2.05) is 0 Å². The van der Waals surface area contributed by atoms with Crippen molar-refractivity contribution in [3.8, 4) is 0 Å². The van der Waals surface area contributed by atoms with Crippen molar-refractivity contribution >= 4 is 38.9 Å². The minimum Gasteiger partial charge on any atom is -0.394 e. The van der Waals surface area contributed by atoms with Crippen LogP contribution in [0.15, 0.2) is 12.7 Å². The molecule has 2 aromatic heterocycles. The molecule has 8 atom stereocenters. The first kappa shape index (κ1) is 28.6. The summed E-state index contributed by atoms with van der Waals surface area (Å²) in [5, 5.41) is 39.7. The highest BCUT2D eigenvalue weighted by Gasteiger charge is 2.46. The highest BCUT2D eigenvalue weighted by Crippen LogP contribution is 2.48. The van der Waals surface area contributed by atoms with Gasteiger partial charge in [-0.15, -0.1) is 0 Å². The van der Waals surface area contributed by atoms with Gasteiger partial charge in [-0.1, -0.05) is 0 Å². The average Bonchev–Trinajstić information content (AvgIpc) is 3.35. The summed E-state index contributed by atoms with van der Waals surface area (Å²) >= 11 is 0. The molecular weight excluding hydrogens is 536 g/mol. The molecule has 1 saturated heterocycles. The first-order valence-electron chi connectivity index (χ1n) is 9.86. The van der Waals surface area contributed by atoms with Gasteiger partial charge in [-0.25, -0.2) is 24.1 Å². The van der Waals surface area contributed by atoms with Crippen LogP contribution in [0, 0.1) is 0 Å². The van der Waals surface area contributed by atoms with Gasteiger partial charge in [0.25, 0.3) is 0 Å². The van der Waals surface area contributed by atoms with Crippen LogP contribution >= 0.6 is 15.6 Å². The van der Waals surface area contributed by atoms with Gasteiger partial charge in [0, 0.05) is 0 Å². The first-order valence-corrected chi connectivity index (χ1v) is 12.9. The molecule has 0 bridgehead atoms. The van der Waals surface area contributed by atoms with Crippen molar-refractivity contribution in [3.05, 3.63) is 12.7 Å². The molecule has 9 N–H and O–H groups in total. The van der Waals surface area contributed by atoms with Gasteiger partial charge >= 0.3 is 15.6 Å². The Balaban J connectivity index is 1.71. The van der Waals surface area contributed by atoms with Crippen molar-refractivity contribution in [1.29, 1.82) is 0 Å². The minimum absolute atomic E-state index is 0.0426. The summed E-state index contributed by atoms with van der Waals surface area (Å²) in [7, 11) is -10.6. The lowest BCUT2D eigenvalue weighted by atomic mass is 10.1. The Morgan fingerprint density at radius 1 is 1.17 bits per heavy atom. The van der Waals surface area contributed by atoms with Crippen molar-refractivity contribution < 1.29 is 67.3 Å². The van der Waals surface area contributed by atoms with E-state index >= 15 is 0 Å². The van der Waals surface area contributed by atoms with E-state index in [-0.39, 0.29) is 23.3 Å². The number of imidazole rings is 1. The van der Waals surface area contributed by atoms with E-state index in [1.54, 1.807) is 0 Å². The third kappa shape index (κ3) is 6.48. The number of hydrogen-bond donors (Lipinski definition) is 8. The van der Waals surface area contributed by atoms with Crippen molar-refractivity contribution in [1.82, 2.24) is 19.5 Å². The van der Waals surface area contributed by atoms with Crippen LogP contribution in [0.25, 0.3) is 11.2 Å². The van der Waals surface area contributed by atoms with E-state index < -0.39 is 71.7 Å². The molecule has 0 aliphatic carbocycles. The number of carbonyl (C=O) groups excluding carboxylic acids is 1. The third-order valence-electron chi connectivity index (χ3n) is 4.94. The maximum atomic E-state index is 12.4. The quantitative estimate of drug-likeness (QED) is 0.0926. The van der Waals surface area contributed by atoms with Crippen LogP contribution in [0.1, 0.15) is 6.23 Å². The van der Waals surface area contributed by atoms with Gasteiger partial charge in [0.15, 0.2) is 30.1 Å². The van der Waals surface area contributed by atoms with E-state index in [0.717, 1.165) is 6.33 Å². The van der Waals surface area contributed by atoms with Gasteiger partial charge in [0.1, 0.15) is 42.4 Å². The van der Waals surface area contributed by atoms with Crippen molar-refractivity contribution in [2.75, 3.05) is 18.9 Å². The predicted molar refractivity (Wildman–Crippen MR) is 112 cm³/mol. The minimum atomic E-state index is -5.33. The molecule has 1 fully saturated rings. The molecule has 21 heteroatoms. The van der Waals surface area contributed by atoms with Crippen molar-refractivity contribution in [2.24, 2.45) is 0 Å². The molecular formula is C15H23N5O14P2. The summed E-state index contributed by atoms with van der Waals surface area (Å²) in [6, 6.07) is 0. The molecule has 2 aromatic rings. The van der Waals surface area contributed by atoms with Crippen molar-refractivity contribution in [3.63, 3.8) is 0 Å². The van der Waals surface area contributed by atoms with Gasteiger partial charge < -0.3 is 50.4 Å². The normalized spacial score (nSPS) is 27.0. The van der Waals surface area contributed by atoms with Crippen LogP contribution in [-0.2, 0) is 32.2 Å². The molecule has 0 radical (unpaired) electrons. The monoisotopic (exact) mass is 559 g/mol. The van der Waals surface area contributed by atoms with Crippen LogP contribution in [0.2, 0.25) is 0 Å². The standard InChI is InChI=1S/C15H23N5O14P2/c16-13-9-14(18-4-17-13)20(5-19-9)15-11(25)10(24)8(32-15)3-31-36(29,30)34-12(6(23)1-21)7(2-22)33-35(26,27)28/h2,4-8,10-12,15,21,23-25H,1,3H2,(H,29,30)(H2,16,17,18)(H2,26,27,28)/t6-,7+,8-,10-,11-,12-,15-/m1/s1. The number of aliphatic hydroxyl groups is 4. The Bertz CT molecular complexity index is 1160. The van der Waals surface area contributed by atoms with Gasteiger partial charge in [-0.3, -0.25) is 18.1 Å². The first-order chi connectivity index (χ1) is 16.8. The molecule has 202 valence electrons. The predicted octanol–water partition coefficient (Wildman–Crippen LogP) is -3.44. The smallest absolute Gasteiger partial charge is 0.394 e. The number of carbonyl (C=O) groups is 1. The number of hydrogen-bond acceptors (Lipinski definition) is 15. The summed E-state index contributed by atoms with van der Waals surface area (Å²) in [5.74, 6) is 0.0426. The number of aldehydes is 1. The molecule has 0 saturated carbocycles. The van der Waals surface area contributed by atoms with Gasteiger partial charge in [-0.2, -0.15) is 0 Å². The molecule has 19 nitrogen and oxygen atoms in total. The number of nitrogens with two attached hydrogens (primary N) is 1. The summed E-state index contributed by atoms with van der Waals surface area (Å²) in [4.78, 5) is 50.7. The Kier molecular flexibility index (Phi) is 8.90. The lowest BCUT2D eigenvalue weighted by Crippen LogP contribution is -2.43. The number of aliphatic hydroxyl groups excluding tert-OH is 4. The van der Waals surface area contributed by atoms with E-state index in [4.69, 9.17) is 29.9 Å². The lowest BCUT2D eigenvalue weighted by Gasteiger charge is -2.28. The van der Waals surface area contributed by atoms with Gasteiger partial charge in [-0.05, 0) is 0 Å². The molecule has 1 unspecified atom stereocenters. The van der Waals surface area contributed by atoms with Crippen LogP contribution < -0.4 is 5.73 Å². The summed E-state index contributed by atoms with van der Waals surface area (Å²) < 4.78 is 43.6. The van der Waals surface area contributed by atoms with E-state index in [9.17, 15) is 34.1 Å². The lowest BCUT2D eigenvalue weighted by molar-refractivity contribution is -0.126. The number of phosphoric acid groups is 2. The molecule has 1 aliphatic rings. The number of nitrogens with zero attached hydrogens (tertiary/aromatic N) is 4. The maximum Gasteiger partial charge on any atom is 0.472 e. The molecule has 36 heavy (non-hydrogen) atoms. The summed E-state index contributed by atoms with van der Waals surface area (Å²) in [6.07, 6.45) is -10.5. The van der Waals surface area contributed by atoms with Crippen LogP contribution in [0.5, 0.6) is 0 Å². The number of ether oxygens (including phenoxy) is 1. The Hall–Kier alpha value is -1.96. The zero-order chi connectivity index (χ0) is 26.8. The second-order valence-corrected chi connectivity index (χ2v) is 10.0. The molecule has 3 rings (SSSR count). The maximum absolute atomic E-state index is 12.4. The van der Waals surface area contributed by atoms with E-state index in [2.05, 4.69) is 24.0 Å². The largest absolute Gasteiger partial charge is 0.472 e. The number of aromatic nitrogens is 4. The number of fused-ring (bicyclic) bond motifs is 1. The van der Waals surface area contributed by atoms with E-state index in [1.165, 1.54) is 10.9 Å². The molecule has 0 aromatic carbocycles. The number of nitrogen functional groups attached to an aromatic ring is 1. The van der Waals surface area contributed by atoms with Gasteiger partial charge in [0.2, 0.25) is 0 Å².